The molecule has 7 heteroatoms. The zero-order valence-electron chi connectivity index (χ0n) is 5.15. The molecule has 1 radical (unpaired) electrons. The quantitative estimate of drug-likeness (QED) is 0.409. The first-order chi connectivity index (χ1) is 5.17. The van der Waals surface area contributed by atoms with Crippen molar-refractivity contribution < 1.29 is 30.7 Å². The first-order valence-electron chi connectivity index (χ1n) is 2.32. The maximum atomic E-state index is 11.6. The Morgan fingerprint density at radius 3 is 1.58 bits per heavy atom. The summed E-state index contributed by atoms with van der Waals surface area (Å²) in [6.45, 7) is 0. The third-order valence-corrected chi connectivity index (χ3v) is 0.670. The highest BCUT2D eigenvalue weighted by Gasteiger charge is 2.56. The summed E-state index contributed by atoms with van der Waals surface area (Å²) in [5.41, 5.74) is 0. The second-order valence-corrected chi connectivity index (χ2v) is 1.58. The lowest BCUT2D eigenvalue weighted by molar-refractivity contribution is -0.254. The molecule has 0 rings (SSSR count). The zero-order valence-corrected chi connectivity index (χ0v) is 5.15. The largest absolute Gasteiger partial charge is 0.466 e. The van der Waals surface area contributed by atoms with Gasteiger partial charge in [-0.3, -0.25) is 0 Å². The van der Waals surface area contributed by atoms with Gasteiger partial charge in [0.15, 0.2) is 0 Å². The molecule has 0 bridgehead atoms. The van der Waals surface area contributed by atoms with Gasteiger partial charge < -0.3 is 0 Å². The third kappa shape index (κ3) is 2.98. The predicted octanol–water partition coefficient (Wildman–Crippen LogP) is 2.62. The Morgan fingerprint density at radius 2 is 1.33 bits per heavy atom. The predicted molar refractivity (Wildman–Crippen MR) is 24.2 cm³/mol. The zero-order chi connectivity index (χ0) is 9.99. The maximum absolute atomic E-state index is 11.6. The average molecular weight is 193 g/mol. The molecular weight excluding hydrogens is 193 g/mol. The summed E-state index contributed by atoms with van der Waals surface area (Å²) in [4.78, 5) is 0. The Bertz CT molecular complexity index is 202. The second kappa shape index (κ2) is 3.21. The average Bonchev–Trinajstić information content (AvgIpc) is 1.81. The van der Waals surface area contributed by atoms with Crippen molar-refractivity contribution in [2.24, 2.45) is 0 Å². The Labute approximate surface area is 62.4 Å². The molecule has 0 aliphatic carbocycles. The lowest BCUT2D eigenvalue weighted by atomic mass is 10.3. The molecule has 0 amide bonds. The molecule has 0 spiro atoms. The molecule has 0 aliphatic heterocycles. The highest BCUT2D eigenvalue weighted by atomic mass is 19.4. The summed E-state index contributed by atoms with van der Waals surface area (Å²) in [7, 11) is 0. The van der Waals surface area contributed by atoms with Crippen molar-refractivity contribution in [3.63, 3.8) is 0 Å². The standard InChI is InChI=1S/C5F7/c6-3(7)1-2-4(8,9)5(10,11)12. The molecule has 0 heterocycles. The molecule has 0 aromatic carbocycles. The summed E-state index contributed by atoms with van der Waals surface area (Å²) in [6.07, 6.45) is -8.71. The van der Waals surface area contributed by atoms with Gasteiger partial charge >= 0.3 is 18.5 Å². The van der Waals surface area contributed by atoms with E-state index in [0.29, 0.717) is 5.92 Å². The van der Waals surface area contributed by atoms with E-state index in [1.165, 1.54) is 0 Å². The van der Waals surface area contributed by atoms with E-state index in [2.05, 4.69) is 0 Å². The van der Waals surface area contributed by atoms with E-state index < -0.39 is 18.5 Å². The molecule has 0 saturated carbocycles. The third-order valence-electron chi connectivity index (χ3n) is 0.670. The van der Waals surface area contributed by atoms with E-state index in [-0.39, 0.29) is 5.92 Å². The summed E-state index contributed by atoms with van der Waals surface area (Å²) in [5.74, 6) is -4.93. The fraction of sp³-hybridized carbons (Fsp3) is 0.400. The van der Waals surface area contributed by atoms with Crippen molar-refractivity contribution in [3.8, 4) is 11.8 Å². The van der Waals surface area contributed by atoms with Crippen LogP contribution in [0.1, 0.15) is 0 Å². The van der Waals surface area contributed by atoms with E-state index in [1.807, 2.05) is 0 Å². The van der Waals surface area contributed by atoms with Crippen LogP contribution in [0.25, 0.3) is 0 Å². The topological polar surface area (TPSA) is 0 Å². The highest BCUT2D eigenvalue weighted by molar-refractivity contribution is 5.18. The second-order valence-electron chi connectivity index (χ2n) is 1.58. The van der Waals surface area contributed by atoms with Gasteiger partial charge in [-0.05, 0) is 11.8 Å². The molecule has 0 aromatic heterocycles. The Balaban J connectivity index is 4.57. The SMILES string of the molecule is F[C](F)C#CC(F)(F)C(F)(F)F. The lowest BCUT2D eigenvalue weighted by Crippen LogP contribution is -2.34. The van der Waals surface area contributed by atoms with Crippen LogP contribution in [0.3, 0.4) is 0 Å². The molecule has 0 atom stereocenters. The number of rotatable bonds is 0. The van der Waals surface area contributed by atoms with Gasteiger partial charge in [-0.1, -0.05) is 0 Å². The Hall–Kier alpha value is -0.930. The van der Waals surface area contributed by atoms with E-state index in [1.54, 1.807) is 0 Å². The van der Waals surface area contributed by atoms with Gasteiger partial charge in [-0.2, -0.15) is 30.7 Å². The van der Waals surface area contributed by atoms with E-state index in [9.17, 15) is 30.7 Å². The smallest absolute Gasteiger partial charge is 0.184 e. The van der Waals surface area contributed by atoms with Gasteiger partial charge in [-0.15, -0.1) is 0 Å². The summed E-state index contributed by atoms with van der Waals surface area (Å²) >= 11 is 0. The highest BCUT2D eigenvalue weighted by Crippen LogP contribution is 2.34. The molecule has 0 unspecified atom stereocenters. The molecule has 0 fully saturated rings. The lowest BCUT2D eigenvalue weighted by Gasteiger charge is -2.12. The summed E-state index contributed by atoms with van der Waals surface area (Å²) in [5, 5.41) is 0. The van der Waals surface area contributed by atoms with Gasteiger partial charge in [0, 0.05) is 0 Å². The Morgan fingerprint density at radius 1 is 0.917 bits per heavy atom. The number of hydrogen-bond acceptors (Lipinski definition) is 0. The summed E-state index contributed by atoms with van der Waals surface area (Å²) in [6, 6.07) is 0. The van der Waals surface area contributed by atoms with Crippen LogP contribution < -0.4 is 0 Å². The van der Waals surface area contributed by atoms with Gasteiger partial charge in [0.2, 0.25) is 0 Å². The van der Waals surface area contributed by atoms with Crippen LogP contribution in [0.15, 0.2) is 0 Å². The molecular formula is C5F7. The van der Waals surface area contributed by atoms with Crippen LogP contribution in [0.5, 0.6) is 0 Å². The minimum Gasteiger partial charge on any atom is -0.184 e. The molecule has 0 nitrogen and oxygen atoms in total. The van der Waals surface area contributed by atoms with Crippen molar-refractivity contribution in [3.05, 3.63) is 6.43 Å². The first kappa shape index (κ1) is 11.1. The van der Waals surface area contributed by atoms with Crippen molar-refractivity contribution >= 4 is 0 Å². The normalized spacial score (nSPS) is 12.7. The molecule has 0 aromatic rings. The Kier molecular flexibility index (Phi) is 2.96. The van der Waals surface area contributed by atoms with Gasteiger partial charge in [0.25, 0.3) is 0 Å². The minimum absolute atomic E-state index is 0.103. The van der Waals surface area contributed by atoms with Gasteiger partial charge in [0.05, 0.1) is 0 Å². The fourth-order valence-electron chi connectivity index (χ4n) is 0.197. The van der Waals surface area contributed by atoms with Crippen molar-refractivity contribution in [1.29, 1.82) is 0 Å². The van der Waals surface area contributed by atoms with Gasteiger partial charge in [-0.25, -0.2) is 0 Å². The summed E-state index contributed by atoms with van der Waals surface area (Å²) < 4.78 is 78.8. The van der Waals surface area contributed by atoms with Crippen LogP contribution in [0.4, 0.5) is 30.7 Å². The first-order valence-corrected chi connectivity index (χ1v) is 2.32. The van der Waals surface area contributed by atoms with E-state index in [4.69, 9.17) is 0 Å². The number of halogens is 7. The minimum atomic E-state index is -5.92. The number of alkyl halides is 5. The van der Waals surface area contributed by atoms with Crippen LogP contribution >= 0.6 is 0 Å². The van der Waals surface area contributed by atoms with Crippen molar-refractivity contribution in [2.45, 2.75) is 12.1 Å². The molecule has 0 N–H and O–H groups in total. The monoisotopic (exact) mass is 193 g/mol. The van der Waals surface area contributed by atoms with Crippen LogP contribution in [0, 0.1) is 18.3 Å². The van der Waals surface area contributed by atoms with Crippen molar-refractivity contribution in [1.82, 2.24) is 0 Å². The molecule has 12 heavy (non-hydrogen) atoms. The molecule has 0 aliphatic rings. The van der Waals surface area contributed by atoms with Crippen LogP contribution in [-0.4, -0.2) is 12.1 Å². The maximum Gasteiger partial charge on any atom is 0.466 e. The van der Waals surface area contributed by atoms with Crippen LogP contribution in [0.2, 0.25) is 0 Å². The van der Waals surface area contributed by atoms with Gasteiger partial charge in [0.1, 0.15) is 0 Å². The van der Waals surface area contributed by atoms with Crippen LogP contribution in [-0.2, 0) is 0 Å². The molecule has 69 valence electrons. The van der Waals surface area contributed by atoms with Crippen molar-refractivity contribution in [2.75, 3.05) is 0 Å². The fourth-order valence-corrected chi connectivity index (χ4v) is 0.197. The number of hydrogen-bond donors (Lipinski definition) is 0. The van der Waals surface area contributed by atoms with E-state index >= 15 is 0 Å². The van der Waals surface area contributed by atoms with E-state index in [0.717, 1.165) is 0 Å². The molecule has 0 saturated heterocycles.